The average Bonchev–Trinajstić information content (AvgIpc) is 2.46. The van der Waals surface area contributed by atoms with Gasteiger partial charge in [-0.3, -0.25) is 4.90 Å². The number of likely N-dealkylation sites (N-methyl/N-ethyl adjacent to an activating group) is 1. The zero-order valence-corrected chi connectivity index (χ0v) is 12.4. The van der Waals surface area contributed by atoms with Crippen LogP contribution in [0.3, 0.4) is 0 Å². The number of carbonyl (C=O) groups is 1. The highest BCUT2D eigenvalue weighted by Crippen LogP contribution is 2.43. The van der Waals surface area contributed by atoms with Gasteiger partial charge in [0.05, 0.1) is 0 Å². The summed E-state index contributed by atoms with van der Waals surface area (Å²) in [4.78, 5) is 16.5. The van der Waals surface area contributed by atoms with E-state index in [1.165, 1.54) is 5.56 Å². The summed E-state index contributed by atoms with van der Waals surface area (Å²) in [5.41, 5.74) is 1.41. The summed E-state index contributed by atoms with van der Waals surface area (Å²) in [6, 6.07) is 11.9. The van der Waals surface area contributed by atoms with Gasteiger partial charge in [-0.05, 0) is 26.5 Å². The predicted octanol–water partition coefficient (Wildman–Crippen LogP) is 1.89. The Morgan fingerprint density at radius 2 is 1.80 bits per heavy atom. The van der Waals surface area contributed by atoms with Crippen LogP contribution < -0.4 is 5.32 Å². The van der Waals surface area contributed by atoms with E-state index < -0.39 is 0 Å². The second-order valence-corrected chi connectivity index (χ2v) is 6.25. The molecule has 4 nitrogen and oxygen atoms in total. The largest absolute Gasteiger partial charge is 0.336 e. The Morgan fingerprint density at radius 3 is 2.35 bits per heavy atom. The van der Waals surface area contributed by atoms with Gasteiger partial charge in [-0.2, -0.15) is 0 Å². The lowest BCUT2D eigenvalue weighted by Gasteiger charge is -2.60. The number of nitrogens with one attached hydrogen (secondary N) is 1. The van der Waals surface area contributed by atoms with Gasteiger partial charge in [0.15, 0.2) is 0 Å². The lowest BCUT2D eigenvalue weighted by Crippen LogP contribution is -2.73. The van der Waals surface area contributed by atoms with Crippen LogP contribution in [0.25, 0.3) is 0 Å². The molecule has 3 aliphatic rings. The van der Waals surface area contributed by atoms with Crippen LogP contribution in [0.5, 0.6) is 0 Å². The van der Waals surface area contributed by atoms with E-state index in [1.807, 2.05) is 18.7 Å². The molecule has 0 aromatic heterocycles. The number of hydrogen-bond donors (Lipinski definition) is 1. The van der Waals surface area contributed by atoms with Crippen molar-refractivity contribution in [3.8, 4) is 0 Å². The highest BCUT2D eigenvalue weighted by molar-refractivity contribution is 5.75. The minimum Gasteiger partial charge on any atom is -0.336 e. The zero-order valence-electron chi connectivity index (χ0n) is 12.4. The highest BCUT2D eigenvalue weighted by Gasteiger charge is 2.52. The molecule has 1 aromatic rings. The standard InChI is InChI=1S/C16H23N3O/c1-11(2)17-16(20)19-9-13-15(14(10-19)18(13)3)12-7-5-4-6-8-12/h4-8,11,13-15H,9-10H2,1-3H3,(H,17,20)/t13-,14+,15?. The van der Waals surface area contributed by atoms with Crippen molar-refractivity contribution in [2.75, 3.05) is 20.1 Å². The van der Waals surface area contributed by atoms with E-state index in [9.17, 15) is 4.79 Å². The van der Waals surface area contributed by atoms with Gasteiger partial charge < -0.3 is 10.2 Å². The van der Waals surface area contributed by atoms with E-state index in [1.54, 1.807) is 0 Å². The van der Waals surface area contributed by atoms with Crippen LogP contribution in [0.2, 0.25) is 0 Å². The third kappa shape index (κ3) is 2.18. The van der Waals surface area contributed by atoms with Crippen molar-refractivity contribution in [3.63, 3.8) is 0 Å². The first-order chi connectivity index (χ1) is 9.58. The van der Waals surface area contributed by atoms with Gasteiger partial charge in [0.2, 0.25) is 0 Å². The van der Waals surface area contributed by atoms with Crippen molar-refractivity contribution >= 4 is 6.03 Å². The highest BCUT2D eigenvalue weighted by atomic mass is 16.2. The number of fused-ring (bicyclic) bond motifs is 2. The molecule has 20 heavy (non-hydrogen) atoms. The number of urea groups is 1. The topological polar surface area (TPSA) is 35.6 Å². The summed E-state index contributed by atoms with van der Waals surface area (Å²) in [7, 11) is 2.17. The van der Waals surface area contributed by atoms with Crippen LogP contribution >= 0.6 is 0 Å². The second-order valence-electron chi connectivity index (χ2n) is 6.25. The molecule has 1 unspecified atom stereocenters. The van der Waals surface area contributed by atoms with Crippen molar-refractivity contribution < 1.29 is 4.79 Å². The zero-order chi connectivity index (χ0) is 14.3. The molecule has 2 amide bonds. The van der Waals surface area contributed by atoms with Crippen molar-refractivity contribution in [2.24, 2.45) is 0 Å². The fourth-order valence-corrected chi connectivity index (χ4v) is 3.54. The number of rotatable bonds is 2. The second kappa shape index (κ2) is 5.09. The van der Waals surface area contributed by atoms with Gasteiger partial charge in [0.1, 0.15) is 0 Å². The summed E-state index contributed by atoms with van der Waals surface area (Å²) in [6.45, 7) is 5.65. The number of nitrogens with zero attached hydrogens (tertiary/aromatic N) is 2. The summed E-state index contributed by atoms with van der Waals surface area (Å²) in [5.74, 6) is 0.573. The Morgan fingerprint density at radius 1 is 1.20 bits per heavy atom. The fourth-order valence-electron chi connectivity index (χ4n) is 3.54. The molecule has 2 bridgehead atoms. The number of benzene rings is 1. The summed E-state index contributed by atoms with van der Waals surface area (Å²) in [6.07, 6.45) is 0. The molecule has 0 saturated carbocycles. The van der Waals surface area contributed by atoms with E-state index in [4.69, 9.17) is 0 Å². The fraction of sp³-hybridized carbons (Fsp3) is 0.562. The maximum Gasteiger partial charge on any atom is 0.317 e. The number of hydrogen-bond acceptors (Lipinski definition) is 2. The quantitative estimate of drug-likeness (QED) is 0.893. The van der Waals surface area contributed by atoms with Gasteiger partial charge in [0, 0.05) is 37.1 Å². The molecule has 3 atom stereocenters. The van der Waals surface area contributed by atoms with Crippen molar-refractivity contribution in [2.45, 2.75) is 37.9 Å². The van der Waals surface area contributed by atoms with Gasteiger partial charge >= 0.3 is 6.03 Å². The van der Waals surface area contributed by atoms with Crippen LogP contribution in [0, 0.1) is 0 Å². The minimum atomic E-state index is 0.0783. The first-order valence-electron chi connectivity index (χ1n) is 7.40. The van der Waals surface area contributed by atoms with Gasteiger partial charge in [0.25, 0.3) is 0 Å². The Kier molecular flexibility index (Phi) is 3.42. The molecule has 3 heterocycles. The number of piperidine rings is 1. The molecule has 3 saturated heterocycles. The molecule has 3 fully saturated rings. The van der Waals surface area contributed by atoms with Crippen molar-refractivity contribution in [3.05, 3.63) is 35.9 Å². The van der Waals surface area contributed by atoms with E-state index in [0.717, 1.165) is 13.1 Å². The molecule has 4 rings (SSSR count). The maximum atomic E-state index is 12.1. The predicted molar refractivity (Wildman–Crippen MR) is 79.8 cm³/mol. The average molecular weight is 273 g/mol. The van der Waals surface area contributed by atoms with Crippen LogP contribution in [0.15, 0.2) is 30.3 Å². The summed E-state index contributed by atoms with van der Waals surface area (Å²) >= 11 is 0. The molecule has 0 radical (unpaired) electrons. The Labute approximate surface area is 120 Å². The van der Waals surface area contributed by atoms with E-state index >= 15 is 0 Å². The summed E-state index contributed by atoms with van der Waals surface area (Å²) < 4.78 is 0. The third-order valence-corrected chi connectivity index (χ3v) is 4.57. The molecule has 1 N–H and O–H groups in total. The molecular formula is C16H23N3O. The lowest BCUT2D eigenvalue weighted by molar-refractivity contribution is -0.0598. The first-order valence-corrected chi connectivity index (χ1v) is 7.40. The normalized spacial score (nSPS) is 29.2. The Hall–Kier alpha value is -1.55. The van der Waals surface area contributed by atoms with Crippen molar-refractivity contribution in [1.82, 2.24) is 15.1 Å². The van der Waals surface area contributed by atoms with Gasteiger partial charge in [-0.1, -0.05) is 30.3 Å². The molecule has 4 heteroatoms. The van der Waals surface area contributed by atoms with Crippen molar-refractivity contribution in [1.29, 1.82) is 0 Å². The molecule has 1 aromatic carbocycles. The molecule has 108 valence electrons. The van der Waals surface area contributed by atoms with Gasteiger partial charge in [-0.25, -0.2) is 4.79 Å². The molecule has 3 aliphatic heterocycles. The molecular weight excluding hydrogens is 250 g/mol. The Bertz CT molecular complexity index is 474. The SMILES string of the molecule is CC(C)NC(=O)N1C[C@@H]2C(c3ccccc3)[C@H](C1)N2C. The van der Waals surface area contributed by atoms with E-state index in [0.29, 0.717) is 18.0 Å². The monoisotopic (exact) mass is 273 g/mol. The lowest BCUT2D eigenvalue weighted by atomic mass is 9.72. The van der Waals surface area contributed by atoms with Crippen LogP contribution in [0.1, 0.15) is 25.3 Å². The van der Waals surface area contributed by atoms with E-state index in [2.05, 4.69) is 47.6 Å². The van der Waals surface area contributed by atoms with E-state index in [-0.39, 0.29) is 12.1 Å². The number of amides is 2. The smallest absolute Gasteiger partial charge is 0.317 e. The minimum absolute atomic E-state index is 0.0783. The van der Waals surface area contributed by atoms with Crippen LogP contribution in [0.4, 0.5) is 4.79 Å². The number of piperazine rings is 1. The summed E-state index contributed by atoms with van der Waals surface area (Å²) in [5, 5.41) is 2.99. The third-order valence-electron chi connectivity index (χ3n) is 4.57. The Balaban J connectivity index is 1.70. The maximum absolute atomic E-state index is 12.1. The molecule has 0 spiro atoms. The first kappa shape index (κ1) is 13.4. The number of carbonyl (C=O) groups excluding carboxylic acids is 1. The van der Waals surface area contributed by atoms with Crippen LogP contribution in [-0.4, -0.2) is 54.1 Å². The molecule has 0 aliphatic carbocycles. The van der Waals surface area contributed by atoms with Gasteiger partial charge in [-0.15, -0.1) is 0 Å². The van der Waals surface area contributed by atoms with Crippen LogP contribution in [-0.2, 0) is 0 Å².